The molecular formula is C34H39N3O3S2. The molecule has 3 heterocycles. The number of aryl methyl sites for hydroxylation is 2. The SMILES string of the molecule is CCOC(=O)c1c(-n2c(C)cc(/C=C3\SC(=Nc4ccccc4)N([C@H]4CCCC[C@H]4C)C3=O)c2C)sc2c1CCCC2. The van der Waals surface area contributed by atoms with Crippen LogP contribution in [0.15, 0.2) is 46.3 Å². The lowest BCUT2D eigenvalue weighted by Gasteiger charge is -2.35. The van der Waals surface area contributed by atoms with Crippen molar-refractivity contribution >= 4 is 51.9 Å². The summed E-state index contributed by atoms with van der Waals surface area (Å²) in [5.74, 6) is 0.233. The van der Waals surface area contributed by atoms with Crippen molar-refractivity contribution < 1.29 is 14.3 Å². The molecule has 1 aliphatic heterocycles. The van der Waals surface area contributed by atoms with E-state index in [-0.39, 0.29) is 17.9 Å². The number of hydrogen-bond donors (Lipinski definition) is 0. The van der Waals surface area contributed by atoms with Crippen molar-refractivity contribution in [2.45, 2.75) is 85.1 Å². The monoisotopic (exact) mass is 601 g/mol. The Morgan fingerprint density at radius 2 is 1.86 bits per heavy atom. The Kier molecular flexibility index (Phi) is 8.46. The fraction of sp³-hybridized carbons (Fsp3) is 0.441. The Morgan fingerprint density at radius 1 is 1.10 bits per heavy atom. The minimum atomic E-state index is -0.236. The van der Waals surface area contributed by atoms with Crippen LogP contribution in [-0.2, 0) is 22.4 Å². The normalized spacial score (nSPS) is 22.7. The van der Waals surface area contributed by atoms with Crippen molar-refractivity contribution in [2.24, 2.45) is 10.9 Å². The molecule has 2 fully saturated rings. The van der Waals surface area contributed by atoms with Crippen LogP contribution < -0.4 is 0 Å². The minimum Gasteiger partial charge on any atom is -0.462 e. The first-order valence-electron chi connectivity index (χ1n) is 15.2. The molecule has 3 aromatic rings. The van der Waals surface area contributed by atoms with Gasteiger partial charge in [-0.2, -0.15) is 0 Å². The molecule has 0 spiro atoms. The van der Waals surface area contributed by atoms with Crippen LogP contribution in [-0.4, -0.2) is 39.2 Å². The van der Waals surface area contributed by atoms with Crippen LogP contribution in [0.5, 0.6) is 0 Å². The Labute approximate surface area is 256 Å². The van der Waals surface area contributed by atoms with Gasteiger partial charge >= 0.3 is 5.97 Å². The number of hydrogen-bond acceptors (Lipinski definition) is 6. The van der Waals surface area contributed by atoms with Crippen LogP contribution in [0.2, 0.25) is 0 Å². The molecule has 3 aliphatic rings. The molecule has 1 saturated heterocycles. The molecule has 42 heavy (non-hydrogen) atoms. The second-order valence-electron chi connectivity index (χ2n) is 11.6. The van der Waals surface area contributed by atoms with E-state index in [0.29, 0.717) is 17.4 Å². The lowest BCUT2D eigenvalue weighted by Crippen LogP contribution is -2.44. The largest absolute Gasteiger partial charge is 0.462 e. The van der Waals surface area contributed by atoms with Gasteiger partial charge in [-0.05, 0) is 112 Å². The molecule has 1 aromatic carbocycles. The maximum absolute atomic E-state index is 14.1. The third-order valence-corrected chi connectivity index (χ3v) is 11.1. The fourth-order valence-electron chi connectivity index (χ4n) is 6.66. The van der Waals surface area contributed by atoms with Gasteiger partial charge in [0, 0.05) is 22.3 Å². The van der Waals surface area contributed by atoms with Crippen molar-refractivity contribution in [1.29, 1.82) is 0 Å². The maximum Gasteiger partial charge on any atom is 0.341 e. The van der Waals surface area contributed by atoms with Crippen LogP contribution in [0.25, 0.3) is 11.1 Å². The second kappa shape index (κ2) is 12.3. The summed E-state index contributed by atoms with van der Waals surface area (Å²) in [6.45, 7) is 8.63. The van der Waals surface area contributed by atoms with Gasteiger partial charge in [-0.3, -0.25) is 9.69 Å². The van der Waals surface area contributed by atoms with Crippen molar-refractivity contribution in [3.8, 4) is 5.00 Å². The van der Waals surface area contributed by atoms with Gasteiger partial charge < -0.3 is 9.30 Å². The molecule has 0 N–H and O–H groups in total. The van der Waals surface area contributed by atoms with E-state index >= 15 is 0 Å². The van der Waals surface area contributed by atoms with E-state index in [1.165, 1.54) is 23.1 Å². The number of aliphatic imine (C=N–C) groups is 1. The number of aromatic nitrogens is 1. The third-order valence-electron chi connectivity index (χ3n) is 8.81. The maximum atomic E-state index is 14.1. The molecule has 6 nitrogen and oxygen atoms in total. The van der Waals surface area contributed by atoms with Gasteiger partial charge in [-0.15, -0.1) is 11.3 Å². The van der Waals surface area contributed by atoms with E-state index in [1.807, 2.05) is 48.2 Å². The number of nitrogens with zero attached hydrogens (tertiary/aromatic N) is 3. The summed E-state index contributed by atoms with van der Waals surface area (Å²) < 4.78 is 7.72. The topological polar surface area (TPSA) is 63.9 Å². The fourth-order valence-corrected chi connectivity index (χ4v) is 9.18. The summed E-state index contributed by atoms with van der Waals surface area (Å²) in [6.07, 6.45) is 10.7. The Hall–Kier alpha value is -3.10. The highest BCUT2D eigenvalue weighted by Crippen LogP contribution is 2.42. The number of ether oxygens (including phenoxy) is 1. The molecular weight excluding hydrogens is 563 g/mol. The summed E-state index contributed by atoms with van der Waals surface area (Å²) in [6, 6.07) is 12.2. The lowest BCUT2D eigenvalue weighted by molar-refractivity contribution is -0.124. The van der Waals surface area contributed by atoms with Crippen molar-refractivity contribution in [3.05, 3.63) is 74.3 Å². The highest BCUT2D eigenvalue weighted by Gasteiger charge is 2.41. The molecule has 0 unspecified atom stereocenters. The van der Waals surface area contributed by atoms with E-state index in [1.54, 1.807) is 11.3 Å². The number of amides is 1. The second-order valence-corrected chi connectivity index (χ2v) is 13.7. The number of para-hydroxylation sites is 1. The number of thiophene rings is 1. The molecule has 220 valence electrons. The molecule has 1 saturated carbocycles. The summed E-state index contributed by atoms with van der Waals surface area (Å²) in [5.41, 5.74) is 5.78. The summed E-state index contributed by atoms with van der Waals surface area (Å²) in [4.78, 5) is 36.2. The van der Waals surface area contributed by atoms with Crippen LogP contribution in [0.1, 0.15) is 90.1 Å². The van der Waals surface area contributed by atoms with E-state index in [4.69, 9.17) is 9.73 Å². The quantitative estimate of drug-likeness (QED) is 0.210. The number of carbonyl (C=O) groups excluding carboxylic acids is 2. The summed E-state index contributed by atoms with van der Waals surface area (Å²) in [5, 5.41) is 1.70. The molecule has 1 amide bonds. The lowest BCUT2D eigenvalue weighted by atomic mass is 9.85. The third kappa shape index (κ3) is 5.39. The summed E-state index contributed by atoms with van der Waals surface area (Å²) >= 11 is 3.19. The highest BCUT2D eigenvalue weighted by atomic mass is 32.2. The van der Waals surface area contributed by atoms with Crippen molar-refractivity contribution in [2.75, 3.05) is 6.61 Å². The van der Waals surface area contributed by atoms with Gasteiger partial charge in [0.25, 0.3) is 5.91 Å². The highest BCUT2D eigenvalue weighted by molar-refractivity contribution is 8.18. The van der Waals surface area contributed by atoms with Gasteiger partial charge in [0.1, 0.15) is 5.00 Å². The van der Waals surface area contributed by atoms with Gasteiger partial charge in [0.05, 0.1) is 22.8 Å². The molecule has 2 aliphatic carbocycles. The number of carbonyl (C=O) groups is 2. The molecule has 8 heteroatoms. The summed E-state index contributed by atoms with van der Waals surface area (Å²) in [7, 11) is 0. The average Bonchev–Trinajstić information content (AvgIpc) is 3.60. The number of fused-ring (bicyclic) bond motifs is 1. The average molecular weight is 602 g/mol. The zero-order chi connectivity index (χ0) is 29.4. The molecule has 0 radical (unpaired) electrons. The van der Waals surface area contributed by atoms with Crippen LogP contribution in [0.4, 0.5) is 5.69 Å². The predicted molar refractivity (Wildman–Crippen MR) is 173 cm³/mol. The van der Waals surface area contributed by atoms with Crippen LogP contribution >= 0.6 is 23.1 Å². The van der Waals surface area contributed by atoms with Crippen molar-refractivity contribution in [1.82, 2.24) is 9.47 Å². The molecule has 2 atom stereocenters. The van der Waals surface area contributed by atoms with Gasteiger partial charge in [0.15, 0.2) is 5.17 Å². The number of thioether (sulfide) groups is 1. The van der Waals surface area contributed by atoms with E-state index in [2.05, 4.69) is 31.4 Å². The van der Waals surface area contributed by atoms with Gasteiger partial charge in [0.2, 0.25) is 0 Å². The minimum absolute atomic E-state index is 0.0389. The zero-order valence-electron chi connectivity index (χ0n) is 24.9. The van der Waals surface area contributed by atoms with Gasteiger partial charge in [-0.25, -0.2) is 9.79 Å². The number of benzene rings is 1. The first-order chi connectivity index (χ1) is 20.4. The molecule has 6 rings (SSSR count). The number of amidine groups is 1. The Balaban J connectivity index is 1.40. The zero-order valence-corrected chi connectivity index (χ0v) is 26.6. The number of esters is 1. The first-order valence-corrected chi connectivity index (χ1v) is 16.9. The Morgan fingerprint density at radius 3 is 2.62 bits per heavy atom. The van der Waals surface area contributed by atoms with E-state index < -0.39 is 0 Å². The van der Waals surface area contributed by atoms with Gasteiger partial charge in [-0.1, -0.05) is 38.0 Å². The van der Waals surface area contributed by atoms with E-state index in [9.17, 15) is 9.59 Å². The van der Waals surface area contributed by atoms with E-state index in [0.717, 1.165) is 88.9 Å². The molecule has 2 aromatic heterocycles. The van der Waals surface area contributed by atoms with Crippen LogP contribution in [0.3, 0.4) is 0 Å². The van der Waals surface area contributed by atoms with Crippen molar-refractivity contribution in [3.63, 3.8) is 0 Å². The number of rotatable bonds is 6. The smallest absolute Gasteiger partial charge is 0.341 e. The predicted octanol–water partition coefficient (Wildman–Crippen LogP) is 8.39. The standard InChI is InChI=1S/C34H39N3O3S2/c1-5-40-33(39)30-26-16-10-12-18-28(26)41-32(30)36-22(3)19-24(23(36)4)20-29-31(38)37(27-17-11-9-13-21(27)2)34(42-29)35-25-14-7-6-8-15-25/h6-8,14-15,19-21,27H,5,9-13,16-18H2,1-4H3/b29-20-,35-34?/t21-,27+/m1/s1. The Bertz CT molecular complexity index is 1570. The molecule has 0 bridgehead atoms. The first kappa shape index (κ1) is 29.0. The van der Waals surface area contributed by atoms with Crippen LogP contribution in [0, 0.1) is 19.8 Å².